The van der Waals surface area contributed by atoms with Gasteiger partial charge in [-0.1, -0.05) is 30.8 Å². The van der Waals surface area contributed by atoms with Crippen LogP contribution in [0.2, 0.25) is 0 Å². The number of hydrogen-bond donors (Lipinski definition) is 2. The van der Waals surface area contributed by atoms with E-state index in [2.05, 4.69) is 26.8 Å². The molecule has 0 aliphatic rings. The van der Waals surface area contributed by atoms with Crippen molar-refractivity contribution in [1.29, 1.82) is 0 Å². The third-order valence-corrected chi connectivity index (χ3v) is 5.98. The Kier molecular flexibility index (Phi) is 6.59. The van der Waals surface area contributed by atoms with E-state index in [9.17, 15) is 14.0 Å². The van der Waals surface area contributed by atoms with E-state index in [4.69, 9.17) is 10.5 Å². The summed E-state index contributed by atoms with van der Waals surface area (Å²) in [4.78, 5) is 37.2. The quantitative estimate of drug-likeness (QED) is 0.276. The third kappa shape index (κ3) is 5.08. The summed E-state index contributed by atoms with van der Waals surface area (Å²) in [5.74, 6) is -2.11. The van der Waals surface area contributed by atoms with Crippen LogP contribution in [0.4, 0.5) is 10.1 Å². The van der Waals surface area contributed by atoms with E-state index in [1.165, 1.54) is 0 Å². The first kappa shape index (κ1) is 25.3. The molecule has 0 bridgehead atoms. The second kappa shape index (κ2) is 10.2. The summed E-state index contributed by atoms with van der Waals surface area (Å²) in [5.41, 5.74) is 11.3. The van der Waals surface area contributed by atoms with Gasteiger partial charge in [0.15, 0.2) is 5.83 Å². The Labute approximate surface area is 222 Å². The summed E-state index contributed by atoms with van der Waals surface area (Å²) < 4.78 is 20.8. The van der Waals surface area contributed by atoms with Crippen molar-refractivity contribution in [3.63, 3.8) is 0 Å². The van der Waals surface area contributed by atoms with E-state index in [-0.39, 0.29) is 6.01 Å². The largest absolute Gasteiger partial charge is 0.424 e. The minimum Gasteiger partial charge on any atom is -0.424 e. The molecule has 0 unspecified atom stereocenters. The number of anilines is 1. The highest BCUT2D eigenvalue weighted by molar-refractivity contribution is 6.11. The lowest BCUT2D eigenvalue weighted by atomic mass is 9.96. The Balaban J connectivity index is 1.63. The van der Waals surface area contributed by atoms with Crippen LogP contribution in [-0.2, 0) is 4.79 Å². The summed E-state index contributed by atoms with van der Waals surface area (Å²) in [7, 11) is 0. The second-order valence-corrected chi connectivity index (χ2v) is 8.79. The molecule has 0 radical (unpaired) electrons. The fraction of sp³-hybridized carbons (Fsp3) is 0.0690. The van der Waals surface area contributed by atoms with Crippen LogP contribution >= 0.6 is 0 Å². The maximum Gasteiger partial charge on any atom is 0.322 e. The number of primary amides is 1. The number of nitrogens with zero attached hydrogens (tertiary/aromatic N) is 4. The molecular weight excluding hydrogens is 499 g/mol. The van der Waals surface area contributed by atoms with Crippen molar-refractivity contribution in [3.05, 3.63) is 103 Å². The van der Waals surface area contributed by atoms with E-state index >= 15 is 0 Å². The highest BCUT2D eigenvalue weighted by Crippen LogP contribution is 2.40. The number of benzene rings is 2. The van der Waals surface area contributed by atoms with Crippen molar-refractivity contribution < 1.29 is 18.7 Å². The number of rotatable bonds is 7. The number of nitrogens with one attached hydrogen (secondary N) is 1. The Hall–Kier alpha value is -5.38. The van der Waals surface area contributed by atoms with Gasteiger partial charge in [0.25, 0.3) is 11.8 Å². The van der Waals surface area contributed by atoms with Crippen LogP contribution in [0.1, 0.15) is 21.7 Å². The number of halogens is 1. The molecule has 3 N–H and O–H groups in total. The van der Waals surface area contributed by atoms with Crippen LogP contribution < -0.4 is 15.8 Å². The van der Waals surface area contributed by atoms with Gasteiger partial charge in [0.05, 0.1) is 28.7 Å². The van der Waals surface area contributed by atoms with Crippen molar-refractivity contribution in [2.24, 2.45) is 5.73 Å². The van der Waals surface area contributed by atoms with Crippen molar-refractivity contribution in [1.82, 2.24) is 19.4 Å². The first-order valence-electron chi connectivity index (χ1n) is 11.9. The summed E-state index contributed by atoms with van der Waals surface area (Å²) >= 11 is 0. The normalized spacial score (nSPS) is 10.8. The zero-order valence-corrected chi connectivity index (χ0v) is 21.1. The van der Waals surface area contributed by atoms with Gasteiger partial charge in [-0.15, -0.1) is 0 Å². The van der Waals surface area contributed by atoms with Gasteiger partial charge in [0.2, 0.25) is 0 Å². The Morgan fingerprint density at radius 1 is 0.974 bits per heavy atom. The molecule has 3 aromatic heterocycles. The van der Waals surface area contributed by atoms with Gasteiger partial charge < -0.3 is 20.2 Å². The minimum absolute atomic E-state index is 0.223. The second-order valence-electron chi connectivity index (χ2n) is 8.79. The van der Waals surface area contributed by atoms with E-state index in [0.29, 0.717) is 39.3 Å². The number of aromatic nitrogens is 4. The lowest BCUT2D eigenvalue weighted by Crippen LogP contribution is -2.12. The van der Waals surface area contributed by atoms with Gasteiger partial charge in [0, 0.05) is 29.3 Å². The van der Waals surface area contributed by atoms with Gasteiger partial charge in [-0.05, 0) is 55.3 Å². The fourth-order valence-electron chi connectivity index (χ4n) is 4.25. The molecule has 0 spiro atoms. The van der Waals surface area contributed by atoms with Crippen LogP contribution in [0.5, 0.6) is 11.8 Å². The predicted octanol–water partition coefficient (Wildman–Crippen LogP) is 5.39. The molecule has 194 valence electrons. The van der Waals surface area contributed by atoms with E-state index in [0.717, 1.165) is 17.0 Å². The zero-order valence-electron chi connectivity index (χ0n) is 21.1. The summed E-state index contributed by atoms with van der Waals surface area (Å²) in [6.07, 6.45) is 5.04. The summed E-state index contributed by atoms with van der Waals surface area (Å²) in [6.45, 7) is 6.70. The van der Waals surface area contributed by atoms with Gasteiger partial charge in [-0.25, -0.2) is 14.4 Å². The number of ether oxygens (including phenoxy) is 1. The van der Waals surface area contributed by atoms with Crippen molar-refractivity contribution >= 4 is 23.0 Å². The highest BCUT2D eigenvalue weighted by Gasteiger charge is 2.25. The van der Waals surface area contributed by atoms with Gasteiger partial charge in [-0.2, -0.15) is 0 Å². The number of carbonyl (C=O) groups is 2. The summed E-state index contributed by atoms with van der Waals surface area (Å²) in [5, 5.41) is 2.44. The van der Waals surface area contributed by atoms with E-state index in [1.54, 1.807) is 54.9 Å². The average Bonchev–Trinajstić information content (AvgIpc) is 3.24. The van der Waals surface area contributed by atoms with Crippen molar-refractivity contribution in [2.45, 2.75) is 13.8 Å². The standard InChI is InChI=1S/C29H23FN6O3/c1-16-12-13-32-29(34-16)39-22-10-6-19(7-11-22)24-25(27(31)37)23-14-33-17(2)15-36(23)26(24)20-4-8-21(9-5-20)35-28(38)18(3)30/h4-15H,3H2,1-2H3,(H2,31,37)(H,35,38). The monoisotopic (exact) mass is 522 g/mol. The Morgan fingerprint density at radius 2 is 1.67 bits per heavy atom. The molecule has 0 aliphatic heterocycles. The van der Waals surface area contributed by atoms with Crippen LogP contribution in [0.15, 0.2) is 85.6 Å². The number of fused-ring (bicyclic) bond motifs is 1. The number of amides is 2. The molecule has 9 nitrogen and oxygen atoms in total. The molecule has 3 heterocycles. The fourth-order valence-corrected chi connectivity index (χ4v) is 4.25. The maximum absolute atomic E-state index is 13.1. The molecule has 39 heavy (non-hydrogen) atoms. The van der Waals surface area contributed by atoms with Gasteiger partial charge in [0.1, 0.15) is 5.75 Å². The van der Waals surface area contributed by atoms with Crippen LogP contribution in [-0.4, -0.2) is 31.2 Å². The molecule has 0 saturated carbocycles. The summed E-state index contributed by atoms with van der Waals surface area (Å²) in [6, 6.07) is 15.9. The highest BCUT2D eigenvalue weighted by atomic mass is 19.1. The molecule has 0 fully saturated rings. The van der Waals surface area contributed by atoms with Crippen LogP contribution in [0, 0.1) is 13.8 Å². The number of nitrogens with two attached hydrogens (primary N) is 1. The molecule has 10 heteroatoms. The van der Waals surface area contributed by atoms with Crippen LogP contribution in [0.25, 0.3) is 27.9 Å². The Bertz CT molecular complexity index is 1740. The van der Waals surface area contributed by atoms with Crippen molar-refractivity contribution in [2.75, 3.05) is 5.32 Å². The molecule has 2 aromatic carbocycles. The third-order valence-electron chi connectivity index (χ3n) is 5.98. The minimum atomic E-state index is -1.09. The molecular formula is C29H23FN6O3. The maximum atomic E-state index is 13.1. The first-order chi connectivity index (χ1) is 18.7. The topological polar surface area (TPSA) is 124 Å². The molecule has 0 aliphatic carbocycles. The number of aryl methyl sites for hydroxylation is 2. The molecule has 0 saturated heterocycles. The van der Waals surface area contributed by atoms with Gasteiger partial charge >= 0.3 is 6.01 Å². The van der Waals surface area contributed by atoms with Crippen molar-refractivity contribution in [3.8, 4) is 34.1 Å². The smallest absolute Gasteiger partial charge is 0.322 e. The molecule has 0 atom stereocenters. The number of carbonyl (C=O) groups excluding carboxylic acids is 2. The molecule has 2 amide bonds. The van der Waals surface area contributed by atoms with Crippen LogP contribution in [0.3, 0.4) is 0 Å². The first-order valence-corrected chi connectivity index (χ1v) is 11.9. The van der Waals surface area contributed by atoms with Gasteiger partial charge in [-0.3, -0.25) is 14.6 Å². The zero-order chi connectivity index (χ0) is 27.7. The predicted molar refractivity (Wildman–Crippen MR) is 145 cm³/mol. The van der Waals surface area contributed by atoms with E-state index in [1.807, 2.05) is 36.6 Å². The molecule has 5 rings (SSSR count). The van der Waals surface area contributed by atoms with E-state index < -0.39 is 17.6 Å². The lowest BCUT2D eigenvalue weighted by molar-refractivity contribution is -0.114. The SMILES string of the molecule is C=C(F)C(=O)Nc1ccc(-c2c(-c3ccc(Oc4nccc(C)n4)cc3)c(C(N)=O)c3cnc(C)cn23)cc1. The lowest BCUT2D eigenvalue weighted by Gasteiger charge is -2.11. The Morgan fingerprint density at radius 3 is 2.31 bits per heavy atom. The average molecular weight is 523 g/mol. The molecule has 5 aromatic rings. The number of hydrogen-bond acceptors (Lipinski definition) is 6.